The summed E-state index contributed by atoms with van der Waals surface area (Å²) in [6, 6.07) is 33.3. The molecule has 0 aromatic heterocycles. The smallest absolute Gasteiger partial charge is 0.258 e. The van der Waals surface area contributed by atoms with Crippen molar-refractivity contribution in [1.29, 1.82) is 0 Å². The second kappa shape index (κ2) is 14.3. The molecule has 1 aliphatic rings. The number of amides is 2. The Morgan fingerprint density at radius 1 is 0.955 bits per heavy atom. The molecule has 3 atom stereocenters. The molecule has 1 heterocycles. The van der Waals surface area contributed by atoms with Gasteiger partial charge in [-0.05, 0) is 54.4 Å². The third-order valence-electron chi connectivity index (χ3n) is 8.16. The minimum Gasteiger partial charge on any atom is -0.488 e. The fourth-order valence-electron chi connectivity index (χ4n) is 5.62. The predicted octanol–water partition coefficient (Wildman–Crippen LogP) is 5.89. The number of ether oxygens (including phenoxy) is 1. The zero-order valence-electron chi connectivity index (χ0n) is 25.6. The molecule has 0 radical (unpaired) electrons. The van der Waals surface area contributed by atoms with Crippen LogP contribution in [0.3, 0.4) is 0 Å². The van der Waals surface area contributed by atoms with Gasteiger partial charge in [-0.25, -0.2) is 0 Å². The minimum absolute atomic E-state index is 0.00857. The molecule has 1 aliphatic heterocycles. The highest BCUT2D eigenvalue weighted by Crippen LogP contribution is 2.31. The molecular weight excluding hydrogens is 550 g/mol. The van der Waals surface area contributed by atoms with Crippen molar-refractivity contribution in [2.24, 2.45) is 5.92 Å². The van der Waals surface area contributed by atoms with E-state index in [0.29, 0.717) is 30.1 Å². The number of hydrogen-bond donors (Lipinski definition) is 2. The van der Waals surface area contributed by atoms with Crippen LogP contribution in [0.1, 0.15) is 35.3 Å². The van der Waals surface area contributed by atoms with Crippen LogP contribution in [0, 0.1) is 5.92 Å². The van der Waals surface area contributed by atoms with E-state index in [1.165, 1.54) is 16.7 Å². The van der Waals surface area contributed by atoms with E-state index in [0.717, 1.165) is 12.1 Å². The lowest BCUT2D eigenvalue weighted by Crippen LogP contribution is -2.49. The van der Waals surface area contributed by atoms with Gasteiger partial charge in [0, 0.05) is 31.2 Å². The number of nitrogens with zero attached hydrogens (tertiary/aromatic N) is 2. The number of likely N-dealkylation sites (N-methyl/N-ethyl adjacent to an activating group) is 1. The Balaban J connectivity index is 1.32. The standard InChI is InChI=1S/C37H41N3O4/c1-26-22-40(27(2)25-41)37(43)33-21-32(38-36(42)20-28-10-6-4-7-11-28)18-19-34(33)44-35(26)24-39(3)23-29-14-16-31(17-15-29)30-12-8-5-9-13-30/h4-19,21,26-27,35,41H,20,22-25H2,1-3H3,(H,38,42)/t26-,27-,35+/m0/s1. The normalized spacial score (nSPS) is 17.3. The van der Waals surface area contributed by atoms with Gasteiger partial charge in [-0.2, -0.15) is 0 Å². The molecule has 4 aromatic rings. The van der Waals surface area contributed by atoms with Gasteiger partial charge in [-0.15, -0.1) is 0 Å². The Morgan fingerprint density at radius 3 is 2.30 bits per heavy atom. The van der Waals surface area contributed by atoms with Crippen molar-refractivity contribution in [2.75, 3.05) is 32.1 Å². The van der Waals surface area contributed by atoms with E-state index in [1.54, 1.807) is 23.1 Å². The van der Waals surface area contributed by atoms with Crippen molar-refractivity contribution in [1.82, 2.24) is 9.80 Å². The monoisotopic (exact) mass is 591 g/mol. The number of rotatable bonds is 10. The summed E-state index contributed by atoms with van der Waals surface area (Å²) in [5.74, 6) is 0.0938. The summed E-state index contributed by atoms with van der Waals surface area (Å²) < 4.78 is 6.56. The summed E-state index contributed by atoms with van der Waals surface area (Å²) in [7, 11) is 2.07. The van der Waals surface area contributed by atoms with E-state index < -0.39 is 0 Å². The van der Waals surface area contributed by atoms with Crippen molar-refractivity contribution in [2.45, 2.75) is 39.0 Å². The van der Waals surface area contributed by atoms with Crippen LogP contribution in [0.5, 0.6) is 5.75 Å². The fraction of sp³-hybridized carbons (Fsp3) is 0.297. The highest BCUT2D eigenvalue weighted by Gasteiger charge is 2.33. The first kappa shape index (κ1) is 31.0. The van der Waals surface area contributed by atoms with Crippen LogP contribution < -0.4 is 10.1 Å². The van der Waals surface area contributed by atoms with Crippen molar-refractivity contribution in [3.63, 3.8) is 0 Å². The minimum atomic E-state index is -0.367. The summed E-state index contributed by atoms with van der Waals surface area (Å²) in [5.41, 5.74) is 5.39. The Kier molecular flexibility index (Phi) is 10.1. The van der Waals surface area contributed by atoms with Gasteiger partial charge in [0.25, 0.3) is 5.91 Å². The molecule has 0 aliphatic carbocycles. The van der Waals surface area contributed by atoms with E-state index in [9.17, 15) is 14.7 Å². The van der Waals surface area contributed by atoms with Crippen LogP contribution in [0.15, 0.2) is 103 Å². The van der Waals surface area contributed by atoms with Crippen LogP contribution in [-0.4, -0.2) is 65.6 Å². The molecule has 0 saturated carbocycles. The Bertz CT molecular complexity index is 1540. The molecule has 0 unspecified atom stereocenters. The lowest BCUT2D eigenvalue weighted by Gasteiger charge is -2.38. The van der Waals surface area contributed by atoms with Gasteiger partial charge in [-0.1, -0.05) is 91.9 Å². The Hall–Kier alpha value is -4.46. The quantitative estimate of drug-likeness (QED) is 0.241. The molecular formula is C37H41N3O4. The number of benzene rings is 4. The number of anilines is 1. The maximum absolute atomic E-state index is 13.8. The number of aliphatic hydroxyl groups excluding tert-OH is 1. The summed E-state index contributed by atoms with van der Waals surface area (Å²) in [5, 5.41) is 12.9. The molecule has 5 rings (SSSR count). The third-order valence-corrected chi connectivity index (χ3v) is 8.16. The van der Waals surface area contributed by atoms with Crippen molar-refractivity contribution in [3.05, 3.63) is 120 Å². The first-order valence-corrected chi connectivity index (χ1v) is 15.2. The second-order valence-corrected chi connectivity index (χ2v) is 11.8. The molecule has 2 amide bonds. The first-order chi connectivity index (χ1) is 21.3. The molecule has 4 aromatic carbocycles. The van der Waals surface area contributed by atoms with Gasteiger partial charge in [0.15, 0.2) is 0 Å². The SMILES string of the molecule is C[C@H]1CN([C@@H](C)CO)C(=O)c2cc(NC(=O)Cc3ccccc3)ccc2O[C@@H]1CN(C)Cc1ccc(-c2ccccc2)cc1. The summed E-state index contributed by atoms with van der Waals surface area (Å²) in [6.07, 6.45) is 0.0269. The zero-order chi connectivity index (χ0) is 31.1. The maximum atomic E-state index is 13.8. The number of aliphatic hydroxyl groups is 1. The molecule has 0 bridgehead atoms. The molecule has 0 spiro atoms. The molecule has 228 valence electrons. The second-order valence-electron chi connectivity index (χ2n) is 11.8. The van der Waals surface area contributed by atoms with Gasteiger partial charge in [0.2, 0.25) is 5.91 Å². The topological polar surface area (TPSA) is 82.1 Å². The predicted molar refractivity (Wildman–Crippen MR) is 175 cm³/mol. The molecule has 44 heavy (non-hydrogen) atoms. The fourth-order valence-corrected chi connectivity index (χ4v) is 5.62. The Morgan fingerprint density at radius 2 is 1.61 bits per heavy atom. The van der Waals surface area contributed by atoms with Crippen LogP contribution in [0.4, 0.5) is 5.69 Å². The van der Waals surface area contributed by atoms with Crippen molar-refractivity contribution < 1.29 is 19.4 Å². The van der Waals surface area contributed by atoms with Gasteiger partial charge >= 0.3 is 0 Å². The number of carbonyl (C=O) groups is 2. The highest BCUT2D eigenvalue weighted by atomic mass is 16.5. The van der Waals surface area contributed by atoms with E-state index in [4.69, 9.17) is 4.74 Å². The average Bonchev–Trinajstić information content (AvgIpc) is 3.04. The molecule has 0 saturated heterocycles. The number of nitrogens with one attached hydrogen (secondary N) is 1. The van der Waals surface area contributed by atoms with Crippen LogP contribution in [0.2, 0.25) is 0 Å². The van der Waals surface area contributed by atoms with Crippen molar-refractivity contribution in [3.8, 4) is 16.9 Å². The van der Waals surface area contributed by atoms with Crippen molar-refractivity contribution >= 4 is 17.5 Å². The molecule has 0 fully saturated rings. The average molecular weight is 592 g/mol. The van der Waals surface area contributed by atoms with E-state index in [1.807, 2.05) is 55.5 Å². The summed E-state index contributed by atoms with van der Waals surface area (Å²) in [6.45, 7) is 5.61. The molecule has 2 N–H and O–H groups in total. The largest absolute Gasteiger partial charge is 0.488 e. The number of hydrogen-bond acceptors (Lipinski definition) is 5. The van der Waals surface area contributed by atoms with E-state index in [2.05, 4.69) is 60.6 Å². The summed E-state index contributed by atoms with van der Waals surface area (Å²) in [4.78, 5) is 30.5. The number of carbonyl (C=O) groups excluding carboxylic acids is 2. The van der Waals surface area contributed by atoms with Crippen LogP contribution in [-0.2, 0) is 17.8 Å². The molecule has 7 heteroatoms. The highest BCUT2D eigenvalue weighted by molar-refractivity contribution is 6.00. The lowest BCUT2D eigenvalue weighted by atomic mass is 9.99. The third kappa shape index (κ3) is 7.73. The van der Waals surface area contributed by atoms with Gasteiger partial charge in [0.1, 0.15) is 11.9 Å². The number of fused-ring (bicyclic) bond motifs is 1. The first-order valence-electron chi connectivity index (χ1n) is 15.2. The van der Waals surface area contributed by atoms with Crippen LogP contribution >= 0.6 is 0 Å². The summed E-state index contributed by atoms with van der Waals surface area (Å²) >= 11 is 0. The van der Waals surface area contributed by atoms with Crippen LogP contribution in [0.25, 0.3) is 11.1 Å². The van der Waals surface area contributed by atoms with Gasteiger partial charge in [0.05, 0.1) is 24.6 Å². The van der Waals surface area contributed by atoms with E-state index in [-0.39, 0.29) is 42.9 Å². The van der Waals surface area contributed by atoms with Gasteiger partial charge in [-0.3, -0.25) is 14.5 Å². The van der Waals surface area contributed by atoms with E-state index >= 15 is 0 Å². The lowest BCUT2D eigenvalue weighted by molar-refractivity contribution is -0.115. The zero-order valence-corrected chi connectivity index (χ0v) is 25.6. The van der Waals surface area contributed by atoms with Gasteiger partial charge < -0.3 is 20.1 Å². The maximum Gasteiger partial charge on any atom is 0.258 e. The Labute approximate surface area is 260 Å². The molecule has 7 nitrogen and oxygen atoms in total.